The molecule has 1 heterocycles. The van der Waals surface area contributed by atoms with Crippen LogP contribution in [-0.2, 0) is 16.6 Å². The summed E-state index contributed by atoms with van der Waals surface area (Å²) in [5, 5.41) is 0.607. The number of halogens is 2. The van der Waals surface area contributed by atoms with E-state index in [4.69, 9.17) is 23.2 Å². The van der Waals surface area contributed by atoms with Gasteiger partial charge in [0.2, 0.25) is 0 Å². The molecule has 2 aromatic rings. The molecule has 0 saturated heterocycles. The molecule has 0 saturated carbocycles. The van der Waals surface area contributed by atoms with E-state index in [2.05, 4.69) is 9.71 Å². The Balaban J connectivity index is 2.08. The summed E-state index contributed by atoms with van der Waals surface area (Å²) in [5.74, 6) is 0. The van der Waals surface area contributed by atoms with E-state index >= 15 is 0 Å². The molecule has 0 radical (unpaired) electrons. The zero-order valence-corrected chi connectivity index (χ0v) is 12.1. The van der Waals surface area contributed by atoms with Crippen LogP contribution in [0.1, 0.15) is 5.56 Å². The average Bonchev–Trinajstić information content (AvgIpc) is 2.76. The van der Waals surface area contributed by atoms with Crippen LogP contribution >= 0.6 is 34.5 Å². The monoisotopic (exact) mass is 322 g/mol. The number of benzene rings is 1. The van der Waals surface area contributed by atoms with Gasteiger partial charge in [0.15, 0.2) is 8.68 Å². The van der Waals surface area contributed by atoms with Crippen molar-refractivity contribution in [1.29, 1.82) is 0 Å². The molecule has 0 fully saturated rings. The average molecular weight is 323 g/mol. The fourth-order valence-corrected chi connectivity index (χ4v) is 3.70. The lowest BCUT2D eigenvalue weighted by Crippen LogP contribution is -2.22. The molecule has 0 aliphatic carbocycles. The highest BCUT2D eigenvalue weighted by Crippen LogP contribution is 2.22. The van der Waals surface area contributed by atoms with Crippen molar-refractivity contribution < 1.29 is 8.42 Å². The molecular formula is C10H8Cl2N2O2S2. The third kappa shape index (κ3) is 3.43. The molecule has 18 heavy (non-hydrogen) atoms. The number of aromatic nitrogens is 1. The first-order chi connectivity index (χ1) is 8.47. The number of rotatable bonds is 4. The molecule has 2 rings (SSSR count). The molecule has 0 bridgehead atoms. The molecule has 4 nitrogen and oxygen atoms in total. The number of nitrogens with zero attached hydrogens (tertiary/aromatic N) is 1. The van der Waals surface area contributed by atoms with Crippen LogP contribution in [0.25, 0.3) is 0 Å². The molecule has 0 unspecified atom stereocenters. The van der Waals surface area contributed by atoms with Crippen LogP contribution in [0.5, 0.6) is 0 Å². The maximum Gasteiger partial charge on any atom is 0.252 e. The van der Waals surface area contributed by atoms with E-state index in [9.17, 15) is 8.42 Å². The van der Waals surface area contributed by atoms with Gasteiger partial charge in [-0.15, -0.1) is 0 Å². The van der Waals surface area contributed by atoms with Crippen molar-refractivity contribution in [2.45, 2.75) is 10.8 Å². The number of hydrogen-bond donors (Lipinski definition) is 1. The van der Waals surface area contributed by atoms with Gasteiger partial charge in [-0.1, -0.05) is 46.7 Å². The standard InChI is InChI=1S/C10H8Cl2N2O2S2/c11-8-3-1-7(2-4-8)5-14-18(15,16)9-6-13-10(12)17-9/h1-4,6,14H,5H2. The molecule has 0 amide bonds. The summed E-state index contributed by atoms with van der Waals surface area (Å²) < 4.78 is 26.5. The van der Waals surface area contributed by atoms with Gasteiger partial charge in [-0.05, 0) is 17.7 Å². The van der Waals surface area contributed by atoms with Gasteiger partial charge in [0.25, 0.3) is 10.0 Å². The van der Waals surface area contributed by atoms with Crippen molar-refractivity contribution in [3.8, 4) is 0 Å². The molecule has 96 valence electrons. The predicted octanol–water partition coefficient (Wildman–Crippen LogP) is 2.93. The summed E-state index contributed by atoms with van der Waals surface area (Å²) in [6.07, 6.45) is 1.23. The van der Waals surface area contributed by atoms with E-state index in [1.165, 1.54) is 6.20 Å². The van der Waals surface area contributed by atoms with Gasteiger partial charge in [-0.25, -0.2) is 18.1 Å². The Bertz CT molecular complexity index is 638. The Morgan fingerprint density at radius 2 is 1.89 bits per heavy atom. The first-order valence-electron chi connectivity index (χ1n) is 4.83. The summed E-state index contributed by atoms with van der Waals surface area (Å²) in [6.45, 7) is 0.190. The molecule has 0 spiro atoms. The van der Waals surface area contributed by atoms with E-state index in [1.54, 1.807) is 24.3 Å². The van der Waals surface area contributed by atoms with Gasteiger partial charge in [0, 0.05) is 11.6 Å². The zero-order chi connectivity index (χ0) is 13.2. The van der Waals surface area contributed by atoms with E-state index in [1.807, 2.05) is 0 Å². The number of thiazole rings is 1. The van der Waals surface area contributed by atoms with Crippen molar-refractivity contribution in [2.75, 3.05) is 0 Å². The third-order valence-electron chi connectivity index (χ3n) is 2.10. The first kappa shape index (κ1) is 13.8. The van der Waals surface area contributed by atoms with E-state index in [0.717, 1.165) is 16.9 Å². The molecular weight excluding hydrogens is 315 g/mol. The largest absolute Gasteiger partial charge is 0.252 e. The number of nitrogens with one attached hydrogen (secondary N) is 1. The first-order valence-corrected chi connectivity index (χ1v) is 7.88. The van der Waals surface area contributed by atoms with Gasteiger partial charge in [-0.3, -0.25) is 0 Å². The maximum absolute atomic E-state index is 11.9. The van der Waals surface area contributed by atoms with E-state index in [-0.39, 0.29) is 15.2 Å². The second kappa shape index (κ2) is 5.54. The molecule has 1 aromatic carbocycles. The molecule has 1 N–H and O–H groups in total. The minimum absolute atomic E-state index is 0.0986. The van der Waals surface area contributed by atoms with Gasteiger partial charge in [0.1, 0.15) is 0 Å². The van der Waals surface area contributed by atoms with Gasteiger partial charge < -0.3 is 0 Å². The lowest BCUT2D eigenvalue weighted by Gasteiger charge is -2.04. The molecule has 8 heteroatoms. The van der Waals surface area contributed by atoms with Gasteiger partial charge in [0.05, 0.1) is 6.20 Å². The van der Waals surface area contributed by atoms with Crippen molar-refractivity contribution in [3.63, 3.8) is 0 Å². The highest BCUT2D eigenvalue weighted by molar-refractivity contribution is 7.91. The quantitative estimate of drug-likeness (QED) is 0.941. The van der Waals surface area contributed by atoms with Crippen LogP contribution in [0.2, 0.25) is 9.49 Å². The molecule has 0 aliphatic heterocycles. The van der Waals surface area contributed by atoms with Crippen LogP contribution in [0, 0.1) is 0 Å². The molecule has 0 aliphatic rings. The Morgan fingerprint density at radius 3 is 2.44 bits per heavy atom. The summed E-state index contributed by atoms with van der Waals surface area (Å²) in [4.78, 5) is 3.70. The SMILES string of the molecule is O=S(=O)(NCc1ccc(Cl)cc1)c1cnc(Cl)s1. The van der Waals surface area contributed by atoms with Crippen LogP contribution in [-0.4, -0.2) is 13.4 Å². The van der Waals surface area contributed by atoms with E-state index < -0.39 is 10.0 Å². The zero-order valence-electron chi connectivity index (χ0n) is 8.93. The Kier molecular flexibility index (Phi) is 4.24. The van der Waals surface area contributed by atoms with Crippen molar-refractivity contribution >= 4 is 44.6 Å². The summed E-state index contributed by atoms with van der Waals surface area (Å²) in [6, 6.07) is 6.92. The number of hydrogen-bond acceptors (Lipinski definition) is 4. The van der Waals surface area contributed by atoms with Crippen molar-refractivity contribution in [1.82, 2.24) is 9.71 Å². The highest BCUT2D eigenvalue weighted by atomic mass is 35.5. The second-order valence-electron chi connectivity index (χ2n) is 3.38. The lowest BCUT2D eigenvalue weighted by atomic mass is 10.2. The number of sulfonamides is 1. The van der Waals surface area contributed by atoms with Gasteiger partial charge in [-0.2, -0.15) is 0 Å². The van der Waals surface area contributed by atoms with Crippen molar-refractivity contribution in [2.24, 2.45) is 0 Å². The van der Waals surface area contributed by atoms with Crippen LogP contribution in [0.4, 0.5) is 0 Å². The molecule has 0 atom stereocenters. The summed E-state index contributed by atoms with van der Waals surface area (Å²) in [5.41, 5.74) is 0.818. The Labute approximate surface area is 119 Å². The Hall–Kier alpha value is -0.660. The minimum atomic E-state index is -3.56. The van der Waals surface area contributed by atoms with Crippen LogP contribution in [0.15, 0.2) is 34.7 Å². The fraction of sp³-hybridized carbons (Fsp3) is 0.100. The topological polar surface area (TPSA) is 59.1 Å². The Morgan fingerprint density at radius 1 is 1.22 bits per heavy atom. The molecule has 1 aromatic heterocycles. The maximum atomic E-state index is 11.9. The summed E-state index contributed by atoms with van der Waals surface area (Å²) >= 11 is 12.3. The highest BCUT2D eigenvalue weighted by Gasteiger charge is 2.16. The predicted molar refractivity (Wildman–Crippen MR) is 72.6 cm³/mol. The smallest absolute Gasteiger partial charge is 0.232 e. The van der Waals surface area contributed by atoms with E-state index in [0.29, 0.717) is 5.02 Å². The normalized spacial score (nSPS) is 11.7. The van der Waals surface area contributed by atoms with Crippen LogP contribution < -0.4 is 4.72 Å². The lowest BCUT2D eigenvalue weighted by molar-refractivity contribution is 0.583. The minimum Gasteiger partial charge on any atom is -0.232 e. The van der Waals surface area contributed by atoms with Gasteiger partial charge >= 0.3 is 0 Å². The second-order valence-corrected chi connectivity index (χ2v) is 7.43. The third-order valence-corrected chi connectivity index (χ3v) is 5.33. The summed E-state index contributed by atoms with van der Waals surface area (Å²) in [7, 11) is -3.56. The van der Waals surface area contributed by atoms with Crippen molar-refractivity contribution in [3.05, 3.63) is 45.5 Å². The van der Waals surface area contributed by atoms with Crippen LogP contribution in [0.3, 0.4) is 0 Å². The fourth-order valence-electron chi connectivity index (χ4n) is 1.22.